The molecule has 2 aliphatic rings. The average Bonchev–Trinajstić information content (AvgIpc) is 3.01. The summed E-state index contributed by atoms with van der Waals surface area (Å²) in [6, 6.07) is 14.9. The van der Waals surface area contributed by atoms with Crippen molar-refractivity contribution in [2.75, 3.05) is 33.2 Å². The highest BCUT2D eigenvalue weighted by molar-refractivity contribution is 6.22. The van der Waals surface area contributed by atoms with Crippen LogP contribution in [-0.4, -0.2) is 65.6 Å². The summed E-state index contributed by atoms with van der Waals surface area (Å²) < 4.78 is 0. The second-order valence-corrected chi connectivity index (χ2v) is 8.06. The first kappa shape index (κ1) is 20.3. The Morgan fingerprint density at radius 3 is 2.47 bits per heavy atom. The predicted octanol–water partition coefficient (Wildman–Crippen LogP) is 3.21. The van der Waals surface area contributed by atoms with Crippen molar-refractivity contribution in [2.45, 2.75) is 25.8 Å². The molecule has 6 heteroatoms. The van der Waals surface area contributed by atoms with Gasteiger partial charge in [0.25, 0.3) is 17.7 Å². The van der Waals surface area contributed by atoms with Crippen molar-refractivity contribution in [2.24, 2.45) is 0 Å². The van der Waals surface area contributed by atoms with Gasteiger partial charge in [0, 0.05) is 31.7 Å². The van der Waals surface area contributed by atoms with Crippen LogP contribution in [0.25, 0.3) is 0 Å². The van der Waals surface area contributed by atoms with E-state index in [1.165, 1.54) is 4.90 Å². The average molecular weight is 405 g/mol. The van der Waals surface area contributed by atoms with Crippen LogP contribution in [0.5, 0.6) is 0 Å². The van der Waals surface area contributed by atoms with E-state index in [1.54, 1.807) is 18.2 Å². The molecule has 0 radical (unpaired) electrons. The van der Waals surface area contributed by atoms with Crippen LogP contribution in [0, 0.1) is 0 Å². The summed E-state index contributed by atoms with van der Waals surface area (Å²) in [6.07, 6.45) is 1.68. The number of hydrogen-bond donors (Lipinski definition) is 0. The molecule has 3 amide bonds. The van der Waals surface area contributed by atoms with Crippen molar-refractivity contribution >= 4 is 17.7 Å². The van der Waals surface area contributed by atoms with Gasteiger partial charge >= 0.3 is 0 Å². The molecule has 0 aliphatic carbocycles. The normalized spacial score (nSPS) is 19.3. The van der Waals surface area contributed by atoms with Crippen LogP contribution in [0.15, 0.2) is 48.5 Å². The van der Waals surface area contributed by atoms with Crippen LogP contribution < -0.4 is 0 Å². The van der Waals surface area contributed by atoms with Gasteiger partial charge in [-0.25, -0.2) is 0 Å². The van der Waals surface area contributed by atoms with Crippen LogP contribution >= 0.6 is 0 Å². The molecular weight excluding hydrogens is 378 g/mol. The SMILES string of the molecule is CCCCN1C(=O)c2ccc(C(=O)N3CCN(C)CC3c3ccccc3)cc2C1=O. The van der Waals surface area contributed by atoms with E-state index in [9.17, 15) is 14.4 Å². The number of piperazine rings is 1. The quantitative estimate of drug-likeness (QED) is 0.717. The molecule has 1 unspecified atom stereocenters. The number of fused-ring (bicyclic) bond motifs is 1. The fraction of sp³-hybridized carbons (Fsp3) is 0.375. The van der Waals surface area contributed by atoms with Crippen LogP contribution in [0.1, 0.15) is 62.4 Å². The molecule has 0 aromatic heterocycles. The van der Waals surface area contributed by atoms with Gasteiger partial charge in [0.1, 0.15) is 0 Å². The molecule has 156 valence electrons. The van der Waals surface area contributed by atoms with E-state index < -0.39 is 0 Å². The highest BCUT2D eigenvalue weighted by atomic mass is 16.2. The molecule has 0 N–H and O–H groups in total. The van der Waals surface area contributed by atoms with Crippen LogP contribution in [0.2, 0.25) is 0 Å². The largest absolute Gasteiger partial charge is 0.329 e. The fourth-order valence-electron chi connectivity index (χ4n) is 4.23. The maximum absolute atomic E-state index is 13.4. The number of benzene rings is 2. The van der Waals surface area contributed by atoms with Gasteiger partial charge in [0.05, 0.1) is 17.2 Å². The van der Waals surface area contributed by atoms with E-state index in [0.717, 1.165) is 31.5 Å². The second kappa shape index (κ2) is 8.40. The Labute approximate surface area is 177 Å². The number of nitrogens with zero attached hydrogens (tertiary/aromatic N) is 3. The molecule has 2 aromatic rings. The first-order valence-electron chi connectivity index (χ1n) is 10.6. The Balaban J connectivity index is 1.62. The summed E-state index contributed by atoms with van der Waals surface area (Å²) in [5, 5.41) is 0. The number of rotatable bonds is 5. The molecular formula is C24H27N3O3. The zero-order valence-corrected chi connectivity index (χ0v) is 17.5. The molecule has 30 heavy (non-hydrogen) atoms. The third kappa shape index (κ3) is 3.63. The maximum atomic E-state index is 13.4. The lowest BCUT2D eigenvalue weighted by molar-refractivity contribution is 0.0497. The minimum absolute atomic E-state index is 0.0518. The predicted molar refractivity (Wildman–Crippen MR) is 114 cm³/mol. The first-order valence-corrected chi connectivity index (χ1v) is 10.6. The number of amides is 3. The van der Waals surface area contributed by atoms with Crippen molar-refractivity contribution in [3.63, 3.8) is 0 Å². The molecule has 4 rings (SSSR count). The molecule has 0 saturated carbocycles. The lowest BCUT2D eigenvalue weighted by atomic mass is 10.00. The number of hydrogen-bond acceptors (Lipinski definition) is 4. The number of carbonyl (C=O) groups is 3. The van der Waals surface area contributed by atoms with E-state index in [-0.39, 0.29) is 23.8 Å². The van der Waals surface area contributed by atoms with Gasteiger partial charge in [0.15, 0.2) is 0 Å². The van der Waals surface area contributed by atoms with Gasteiger partial charge in [-0.1, -0.05) is 43.7 Å². The van der Waals surface area contributed by atoms with E-state index in [4.69, 9.17) is 0 Å². The van der Waals surface area contributed by atoms with Crippen molar-refractivity contribution in [1.82, 2.24) is 14.7 Å². The fourth-order valence-corrected chi connectivity index (χ4v) is 4.23. The zero-order valence-electron chi connectivity index (χ0n) is 17.5. The summed E-state index contributed by atoms with van der Waals surface area (Å²) in [5.41, 5.74) is 2.28. The van der Waals surface area contributed by atoms with E-state index >= 15 is 0 Å². The van der Waals surface area contributed by atoms with Crippen molar-refractivity contribution in [3.05, 3.63) is 70.8 Å². The Morgan fingerprint density at radius 2 is 1.73 bits per heavy atom. The number of unbranched alkanes of at least 4 members (excludes halogenated alkanes) is 1. The van der Waals surface area contributed by atoms with Crippen LogP contribution in [0.4, 0.5) is 0 Å². The molecule has 0 spiro atoms. The molecule has 2 heterocycles. The van der Waals surface area contributed by atoms with Crippen molar-refractivity contribution in [1.29, 1.82) is 0 Å². The van der Waals surface area contributed by atoms with E-state index in [1.807, 2.05) is 42.2 Å². The summed E-state index contributed by atoms with van der Waals surface area (Å²) in [7, 11) is 2.06. The highest BCUT2D eigenvalue weighted by Crippen LogP contribution is 2.29. The summed E-state index contributed by atoms with van der Waals surface area (Å²) >= 11 is 0. The van der Waals surface area contributed by atoms with Crippen molar-refractivity contribution in [3.8, 4) is 0 Å². The monoisotopic (exact) mass is 405 g/mol. The zero-order chi connectivity index (χ0) is 21.3. The Kier molecular flexibility index (Phi) is 5.68. The maximum Gasteiger partial charge on any atom is 0.261 e. The Bertz CT molecular complexity index is 973. The van der Waals surface area contributed by atoms with Crippen LogP contribution in [-0.2, 0) is 0 Å². The van der Waals surface area contributed by atoms with Gasteiger partial charge < -0.3 is 9.80 Å². The topological polar surface area (TPSA) is 60.9 Å². The van der Waals surface area contributed by atoms with Gasteiger partial charge in [-0.2, -0.15) is 0 Å². The summed E-state index contributed by atoms with van der Waals surface area (Å²) in [6.45, 7) is 4.60. The molecule has 1 atom stereocenters. The molecule has 2 aromatic carbocycles. The van der Waals surface area contributed by atoms with Gasteiger partial charge in [-0.3, -0.25) is 19.3 Å². The number of likely N-dealkylation sites (N-methyl/N-ethyl adjacent to an activating group) is 1. The standard InChI is InChI=1S/C24H27N3O3/c1-3-4-12-27-23(29)19-11-10-18(15-20(19)24(27)30)22(28)26-14-13-25(2)16-21(26)17-8-6-5-7-9-17/h5-11,15,21H,3-4,12-14,16H2,1-2H3. The van der Waals surface area contributed by atoms with Crippen molar-refractivity contribution < 1.29 is 14.4 Å². The Hall–Kier alpha value is -2.99. The minimum atomic E-state index is -0.295. The first-order chi connectivity index (χ1) is 14.5. The van der Waals surface area contributed by atoms with Gasteiger partial charge in [-0.05, 0) is 37.2 Å². The van der Waals surface area contributed by atoms with Crippen LogP contribution in [0.3, 0.4) is 0 Å². The summed E-state index contributed by atoms with van der Waals surface area (Å²) in [4.78, 5) is 44.2. The van der Waals surface area contributed by atoms with E-state index in [0.29, 0.717) is 29.8 Å². The lowest BCUT2D eigenvalue weighted by Crippen LogP contribution is -2.49. The molecule has 6 nitrogen and oxygen atoms in total. The van der Waals surface area contributed by atoms with Gasteiger partial charge in [-0.15, -0.1) is 0 Å². The smallest absolute Gasteiger partial charge is 0.261 e. The third-order valence-corrected chi connectivity index (χ3v) is 5.98. The number of imide groups is 1. The number of carbonyl (C=O) groups excluding carboxylic acids is 3. The second-order valence-electron chi connectivity index (χ2n) is 8.06. The summed E-state index contributed by atoms with van der Waals surface area (Å²) in [5.74, 6) is -0.660. The van der Waals surface area contributed by atoms with Gasteiger partial charge in [0.2, 0.25) is 0 Å². The van der Waals surface area contributed by atoms with E-state index in [2.05, 4.69) is 11.9 Å². The molecule has 0 bridgehead atoms. The highest BCUT2D eigenvalue weighted by Gasteiger charge is 2.37. The lowest BCUT2D eigenvalue weighted by Gasteiger charge is -2.40. The minimum Gasteiger partial charge on any atom is -0.329 e. The Morgan fingerprint density at radius 1 is 1.00 bits per heavy atom. The molecule has 1 saturated heterocycles. The molecule has 1 fully saturated rings. The third-order valence-electron chi connectivity index (χ3n) is 5.98. The molecule has 2 aliphatic heterocycles.